The minimum Gasteiger partial charge on any atom is -0.268 e. The maximum atomic E-state index is 10.6. The third kappa shape index (κ3) is 1.42. The second kappa shape index (κ2) is 3.79. The van der Waals surface area contributed by atoms with Crippen LogP contribution in [0.2, 0.25) is 0 Å². The largest absolute Gasteiger partial charge is 0.268 e. The molecule has 0 amide bonds. The van der Waals surface area contributed by atoms with E-state index in [0.717, 1.165) is 41.4 Å². The highest BCUT2D eigenvalue weighted by molar-refractivity contribution is 5.82. The second-order valence-electron chi connectivity index (χ2n) is 5.03. The number of hydrogen-bond donors (Lipinski definition) is 0. The van der Waals surface area contributed by atoms with Crippen LogP contribution in [0.25, 0.3) is 10.9 Å². The number of fused-ring (bicyclic) bond motifs is 1. The highest BCUT2D eigenvalue weighted by Gasteiger charge is 2.39. The Kier molecular flexibility index (Phi) is 2.35. The first-order valence-corrected chi connectivity index (χ1v) is 6.19. The van der Waals surface area contributed by atoms with E-state index in [4.69, 9.17) is 0 Å². The van der Waals surface area contributed by atoms with E-state index in [1.165, 1.54) is 0 Å². The molecule has 4 heteroatoms. The van der Waals surface area contributed by atoms with Gasteiger partial charge >= 0.3 is 0 Å². The number of hydrogen-bond acceptors (Lipinski definition) is 3. The lowest BCUT2D eigenvalue weighted by molar-refractivity contribution is 0.256. The maximum Gasteiger partial charge on any atom is 0.235 e. The van der Waals surface area contributed by atoms with Crippen LogP contribution in [0.4, 0.5) is 0 Å². The molecule has 0 unspecified atom stereocenters. The fourth-order valence-corrected chi connectivity index (χ4v) is 2.79. The highest BCUT2D eigenvalue weighted by Crippen LogP contribution is 2.45. The molecule has 0 N–H and O–H groups in total. The van der Waals surface area contributed by atoms with Crippen molar-refractivity contribution in [1.29, 1.82) is 0 Å². The Morgan fingerprint density at radius 1 is 1.44 bits per heavy atom. The van der Waals surface area contributed by atoms with Gasteiger partial charge in [0.2, 0.25) is 6.08 Å². The van der Waals surface area contributed by atoms with Crippen LogP contribution >= 0.6 is 0 Å². The van der Waals surface area contributed by atoms with E-state index in [1.54, 1.807) is 6.08 Å². The van der Waals surface area contributed by atoms with Crippen molar-refractivity contribution in [2.75, 3.05) is 0 Å². The Bertz CT molecular complexity index is 661. The van der Waals surface area contributed by atoms with Gasteiger partial charge in [-0.05, 0) is 43.9 Å². The van der Waals surface area contributed by atoms with Crippen molar-refractivity contribution in [2.45, 2.75) is 31.7 Å². The fraction of sp³-hybridized carbons (Fsp3) is 0.429. The number of aromatic nitrogens is 2. The molecule has 1 aromatic carbocycles. The molecular weight excluding hydrogens is 226 g/mol. The number of aryl methyl sites for hydroxylation is 2. The molecule has 1 saturated carbocycles. The minimum atomic E-state index is -0.321. The molecule has 3 rings (SSSR count). The van der Waals surface area contributed by atoms with Crippen LogP contribution in [0.1, 0.15) is 30.5 Å². The Morgan fingerprint density at radius 2 is 2.22 bits per heavy atom. The monoisotopic (exact) mass is 241 g/mol. The molecule has 0 radical (unpaired) electrons. The highest BCUT2D eigenvalue weighted by atomic mass is 16.1. The van der Waals surface area contributed by atoms with Crippen LogP contribution in [-0.2, 0) is 17.4 Å². The van der Waals surface area contributed by atoms with Gasteiger partial charge in [-0.1, -0.05) is 6.07 Å². The topological polar surface area (TPSA) is 47.2 Å². The van der Waals surface area contributed by atoms with E-state index < -0.39 is 0 Å². The van der Waals surface area contributed by atoms with E-state index in [0.29, 0.717) is 0 Å². The number of isocyanates is 1. The molecule has 18 heavy (non-hydrogen) atoms. The molecule has 0 spiro atoms. The van der Waals surface area contributed by atoms with Crippen molar-refractivity contribution in [3.8, 4) is 0 Å². The van der Waals surface area contributed by atoms with Crippen LogP contribution in [0, 0.1) is 6.92 Å². The number of carbonyl (C=O) groups excluding carboxylic acids is 1. The van der Waals surface area contributed by atoms with Crippen LogP contribution in [0.15, 0.2) is 23.2 Å². The van der Waals surface area contributed by atoms with E-state index in [-0.39, 0.29) is 5.54 Å². The van der Waals surface area contributed by atoms with Crippen LogP contribution < -0.4 is 0 Å². The first kappa shape index (κ1) is 11.2. The quantitative estimate of drug-likeness (QED) is 0.599. The van der Waals surface area contributed by atoms with Crippen molar-refractivity contribution in [2.24, 2.45) is 12.0 Å². The first-order chi connectivity index (χ1) is 8.66. The molecule has 1 heterocycles. The molecule has 1 fully saturated rings. The average Bonchev–Trinajstić information content (AvgIpc) is 2.59. The Morgan fingerprint density at radius 3 is 2.83 bits per heavy atom. The summed E-state index contributed by atoms with van der Waals surface area (Å²) >= 11 is 0. The SMILES string of the molecule is Cc1nn(C)c2ccc(C3(N=C=O)CCC3)cc12. The number of rotatable bonds is 2. The van der Waals surface area contributed by atoms with Gasteiger partial charge in [0, 0.05) is 12.4 Å². The number of aliphatic imine (C=N–C) groups is 1. The van der Waals surface area contributed by atoms with Crippen molar-refractivity contribution in [1.82, 2.24) is 9.78 Å². The van der Waals surface area contributed by atoms with Gasteiger partial charge in [-0.25, -0.2) is 4.79 Å². The van der Waals surface area contributed by atoms with Crippen molar-refractivity contribution in [3.05, 3.63) is 29.5 Å². The lowest BCUT2D eigenvalue weighted by Crippen LogP contribution is -2.31. The average molecular weight is 241 g/mol. The molecule has 1 aliphatic carbocycles. The van der Waals surface area contributed by atoms with Gasteiger partial charge in [0.1, 0.15) is 0 Å². The van der Waals surface area contributed by atoms with Gasteiger partial charge < -0.3 is 0 Å². The minimum absolute atomic E-state index is 0.321. The van der Waals surface area contributed by atoms with E-state index in [2.05, 4.69) is 28.3 Å². The normalized spacial score (nSPS) is 17.2. The molecule has 2 aromatic rings. The smallest absolute Gasteiger partial charge is 0.235 e. The van der Waals surface area contributed by atoms with Crippen LogP contribution in [0.3, 0.4) is 0 Å². The number of benzene rings is 1. The van der Waals surface area contributed by atoms with E-state index in [9.17, 15) is 4.79 Å². The van der Waals surface area contributed by atoms with Crippen molar-refractivity contribution < 1.29 is 4.79 Å². The molecule has 4 nitrogen and oxygen atoms in total. The molecule has 0 atom stereocenters. The molecule has 1 aromatic heterocycles. The maximum absolute atomic E-state index is 10.6. The predicted molar refractivity (Wildman–Crippen MR) is 69.1 cm³/mol. The molecule has 92 valence electrons. The van der Waals surface area contributed by atoms with E-state index >= 15 is 0 Å². The first-order valence-electron chi connectivity index (χ1n) is 6.19. The standard InChI is InChI=1S/C14H15N3O/c1-10-12-8-11(4-5-13(12)17(2)16-10)14(15-9-18)6-3-7-14/h4-5,8H,3,6-7H2,1-2H3. The summed E-state index contributed by atoms with van der Waals surface area (Å²) in [6, 6.07) is 6.24. The zero-order chi connectivity index (χ0) is 12.8. The Labute approximate surface area is 105 Å². The number of nitrogens with zero attached hydrogens (tertiary/aromatic N) is 3. The summed E-state index contributed by atoms with van der Waals surface area (Å²) < 4.78 is 1.88. The van der Waals surface area contributed by atoms with Crippen LogP contribution in [0.5, 0.6) is 0 Å². The third-order valence-electron chi connectivity index (χ3n) is 4.01. The molecule has 0 saturated heterocycles. The summed E-state index contributed by atoms with van der Waals surface area (Å²) in [4.78, 5) is 14.7. The molecule has 1 aliphatic rings. The summed E-state index contributed by atoms with van der Waals surface area (Å²) in [6.45, 7) is 2.00. The van der Waals surface area contributed by atoms with E-state index in [1.807, 2.05) is 18.7 Å². The van der Waals surface area contributed by atoms with Crippen LogP contribution in [-0.4, -0.2) is 15.9 Å². The molecule has 0 bridgehead atoms. The van der Waals surface area contributed by atoms with Gasteiger partial charge in [0.15, 0.2) is 0 Å². The lowest BCUT2D eigenvalue weighted by Gasteiger charge is -2.37. The van der Waals surface area contributed by atoms with Crippen molar-refractivity contribution >= 4 is 17.0 Å². The molecule has 0 aliphatic heterocycles. The second-order valence-corrected chi connectivity index (χ2v) is 5.03. The lowest BCUT2D eigenvalue weighted by atomic mass is 9.72. The third-order valence-corrected chi connectivity index (χ3v) is 4.01. The molecular formula is C14H15N3O. The summed E-state index contributed by atoms with van der Waals surface area (Å²) in [5.41, 5.74) is 2.92. The van der Waals surface area contributed by atoms with Gasteiger partial charge in [0.05, 0.1) is 16.7 Å². The zero-order valence-electron chi connectivity index (χ0n) is 10.6. The summed E-state index contributed by atoms with van der Waals surface area (Å²) in [5.74, 6) is 0. The Balaban J connectivity index is 2.19. The predicted octanol–water partition coefficient (Wildman–Crippen LogP) is 2.60. The summed E-state index contributed by atoms with van der Waals surface area (Å²) in [5, 5.41) is 5.55. The summed E-state index contributed by atoms with van der Waals surface area (Å²) in [6.07, 6.45) is 4.73. The van der Waals surface area contributed by atoms with Crippen molar-refractivity contribution in [3.63, 3.8) is 0 Å². The fourth-order valence-electron chi connectivity index (χ4n) is 2.79. The van der Waals surface area contributed by atoms with Gasteiger partial charge in [-0.15, -0.1) is 0 Å². The Hall–Kier alpha value is -1.93. The zero-order valence-corrected chi connectivity index (χ0v) is 10.6. The summed E-state index contributed by atoms with van der Waals surface area (Å²) in [7, 11) is 1.94. The van der Waals surface area contributed by atoms with Gasteiger partial charge in [-0.3, -0.25) is 4.68 Å². The van der Waals surface area contributed by atoms with Gasteiger partial charge in [-0.2, -0.15) is 10.1 Å². The van der Waals surface area contributed by atoms with Gasteiger partial charge in [0.25, 0.3) is 0 Å².